The molecule has 2 heterocycles. The lowest BCUT2D eigenvalue weighted by Gasteiger charge is -2.38. The number of β-amino-alcohol motifs (C(OH)–C–C–N with tert-alkyl or cyclic N) is 1. The highest BCUT2D eigenvalue weighted by molar-refractivity contribution is 5.79. The number of piperazine rings is 1. The number of hydrogen-bond donors (Lipinski definition) is 1. The maximum Gasteiger partial charge on any atom is 0.225 e. The number of carbonyl (C=O) groups is 1. The zero-order valence-electron chi connectivity index (χ0n) is 11.7. The van der Waals surface area contributed by atoms with Crippen molar-refractivity contribution in [3.05, 3.63) is 24.2 Å². The molecule has 1 N–H and O–H groups in total. The van der Waals surface area contributed by atoms with Crippen molar-refractivity contribution in [3.8, 4) is 0 Å². The molecular formula is C15H22N2O3. The summed E-state index contributed by atoms with van der Waals surface area (Å²) in [6.07, 6.45) is 4.32. The molecule has 1 amide bonds. The van der Waals surface area contributed by atoms with Gasteiger partial charge in [0.2, 0.25) is 5.91 Å². The van der Waals surface area contributed by atoms with Gasteiger partial charge in [-0.15, -0.1) is 0 Å². The largest absolute Gasteiger partial charge is 0.467 e. The second kappa shape index (κ2) is 5.97. The monoisotopic (exact) mass is 278 g/mol. The van der Waals surface area contributed by atoms with Crippen molar-refractivity contribution in [3.63, 3.8) is 0 Å². The number of nitrogens with zero attached hydrogens (tertiary/aromatic N) is 2. The summed E-state index contributed by atoms with van der Waals surface area (Å²) < 4.78 is 5.21. The first-order valence-electron chi connectivity index (χ1n) is 7.46. The number of aliphatic hydroxyl groups is 1. The number of furan rings is 1. The Labute approximate surface area is 119 Å². The highest BCUT2D eigenvalue weighted by Gasteiger charge is 2.31. The van der Waals surface area contributed by atoms with Crippen LogP contribution in [0.5, 0.6) is 0 Å². The quantitative estimate of drug-likeness (QED) is 0.901. The van der Waals surface area contributed by atoms with Crippen LogP contribution in [-0.2, 0) is 4.79 Å². The number of amides is 1. The number of rotatable bonds is 4. The van der Waals surface area contributed by atoms with Crippen LogP contribution >= 0.6 is 0 Å². The lowest BCUT2D eigenvalue weighted by molar-refractivity contribution is -0.140. The summed E-state index contributed by atoms with van der Waals surface area (Å²) in [6, 6.07) is 3.58. The molecule has 0 bridgehead atoms. The molecule has 0 aromatic carbocycles. The lowest BCUT2D eigenvalue weighted by atomic mass is 9.84. The van der Waals surface area contributed by atoms with Gasteiger partial charge in [-0.25, -0.2) is 0 Å². The molecule has 1 saturated heterocycles. The first kappa shape index (κ1) is 13.6. The lowest BCUT2D eigenvalue weighted by Crippen LogP contribution is -2.51. The summed E-state index contributed by atoms with van der Waals surface area (Å²) in [4.78, 5) is 16.3. The Morgan fingerprint density at radius 3 is 2.65 bits per heavy atom. The highest BCUT2D eigenvalue weighted by atomic mass is 16.4. The van der Waals surface area contributed by atoms with Crippen molar-refractivity contribution in [2.24, 2.45) is 5.92 Å². The Morgan fingerprint density at radius 2 is 2.10 bits per heavy atom. The number of hydrogen-bond acceptors (Lipinski definition) is 4. The second-order valence-electron chi connectivity index (χ2n) is 5.78. The first-order chi connectivity index (χ1) is 9.74. The van der Waals surface area contributed by atoms with E-state index in [1.165, 1.54) is 6.42 Å². The van der Waals surface area contributed by atoms with E-state index in [-0.39, 0.29) is 5.92 Å². The van der Waals surface area contributed by atoms with Crippen LogP contribution in [0.1, 0.15) is 31.1 Å². The van der Waals surface area contributed by atoms with Gasteiger partial charge in [-0.1, -0.05) is 6.42 Å². The Balaban J connectivity index is 1.45. The fourth-order valence-electron chi connectivity index (χ4n) is 2.88. The minimum absolute atomic E-state index is 0.287. The van der Waals surface area contributed by atoms with Crippen molar-refractivity contribution in [1.29, 1.82) is 0 Å². The third-order valence-corrected chi connectivity index (χ3v) is 4.44. The molecule has 2 fully saturated rings. The molecule has 1 aliphatic heterocycles. The van der Waals surface area contributed by atoms with Gasteiger partial charge in [-0.3, -0.25) is 9.69 Å². The molecule has 1 saturated carbocycles. The molecule has 1 aliphatic carbocycles. The van der Waals surface area contributed by atoms with E-state index in [4.69, 9.17) is 4.42 Å². The van der Waals surface area contributed by atoms with E-state index in [1.807, 2.05) is 4.90 Å². The third kappa shape index (κ3) is 2.88. The van der Waals surface area contributed by atoms with Crippen LogP contribution in [0.15, 0.2) is 22.8 Å². The minimum Gasteiger partial charge on any atom is -0.467 e. The van der Waals surface area contributed by atoms with Crippen LogP contribution in [0.25, 0.3) is 0 Å². The van der Waals surface area contributed by atoms with Crippen molar-refractivity contribution in [1.82, 2.24) is 9.80 Å². The van der Waals surface area contributed by atoms with Crippen LogP contribution in [0.3, 0.4) is 0 Å². The van der Waals surface area contributed by atoms with Gasteiger partial charge in [-0.2, -0.15) is 0 Å². The summed E-state index contributed by atoms with van der Waals surface area (Å²) in [5.74, 6) is 1.23. The molecule has 110 valence electrons. The van der Waals surface area contributed by atoms with E-state index in [2.05, 4.69) is 4.90 Å². The molecule has 0 radical (unpaired) electrons. The Hall–Kier alpha value is -1.33. The molecule has 5 heteroatoms. The van der Waals surface area contributed by atoms with Crippen molar-refractivity contribution in [2.75, 3.05) is 32.7 Å². The second-order valence-corrected chi connectivity index (χ2v) is 5.78. The van der Waals surface area contributed by atoms with E-state index in [1.54, 1.807) is 18.4 Å². The van der Waals surface area contributed by atoms with Crippen LogP contribution < -0.4 is 0 Å². The minimum atomic E-state index is -0.584. The molecule has 20 heavy (non-hydrogen) atoms. The molecule has 2 aliphatic rings. The molecule has 1 aromatic heterocycles. The summed E-state index contributed by atoms with van der Waals surface area (Å²) in [5, 5.41) is 10.1. The maximum atomic E-state index is 12.1. The Kier molecular flexibility index (Phi) is 4.08. The molecule has 0 spiro atoms. The Morgan fingerprint density at radius 1 is 1.35 bits per heavy atom. The summed E-state index contributed by atoms with van der Waals surface area (Å²) in [7, 11) is 0. The van der Waals surface area contributed by atoms with E-state index < -0.39 is 6.10 Å². The van der Waals surface area contributed by atoms with Gasteiger partial charge in [0.15, 0.2) is 0 Å². The van der Waals surface area contributed by atoms with Crippen LogP contribution in [0.4, 0.5) is 0 Å². The normalized spacial score (nSPS) is 22.6. The summed E-state index contributed by atoms with van der Waals surface area (Å²) in [6.45, 7) is 3.78. The molecule has 5 nitrogen and oxygen atoms in total. The van der Waals surface area contributed by atoms with E-state index in [0.717, 1.165) is 39.0 Å². The predicted molar refractivity (Wildman–Crippen MR) is 74.0 cm³/mol. The van der Waals surface area contributed by atoms with Gasteiger partial charge < -0.3 is 14.4 Å². The fraction of sp³-hybridized carbons (Fsp3) is 0.667. The van der Waals surface area contributed by atoms with Gasteiger partial charge in [0.25, 0.3) is 0 Å². The molecule has 1 atom stereocenters. The maximum absolute atomic E-state index is 12.1. The van der Waals surface area contributed by atoms with Gasteiger partial charge >= 0.3 is 0 Å². The average molecular weight is 278 g/mol. The number of carbonyl (C=O) groups excluding carboxylic acids is 1. The average Bonchev–Trinajstić information content (AvgIpc) is 2.91. The highest BCUT2D eigenvalue weighted by Crippen LogP contribution is 2.28. The van der Waals surface area contributed by atoms with E-state index in [0.29, 0.717) is 18.2 Å². The van der Waals surface area contributed by atoms with Crippen LogP contribution in [0.2, 0.25) is 0 Å². The Bertz CT molecular complexity index is 434. The molecule has 3 rings (SSSR count). The van der Waals surface area contributed by atoms with Crippen molar-refractivity contribution in [2.45, 2.75) is 25.4 Å². The first-order valence-corrected chi connectivity index (χ1v) is 7.46. The van der Waals surface area contributed by atoms with E-state index >= 15 is 0 Å². The zero-order valence-corrected chi connectivity index (χ0v) is 11.7. The van der Waals surface area contributed by atoms with Gasteiger partial charge in [0, 0.05) is 38.6 Å². The van der Waals surface area contributed by atoms with Crippen molar-refractivity contribution < 1.29 is 14.3 Å². The van der Waals surface area contributed by atoms with Crippen LogP contribution in [-0.4, -0.2) is 53.5 Å². The SMILES string of the molecule is O=C(C1CCC1)N1CCN(C[C@@H](O)c2ccco2)CC1. The molecule has 1 aromatic rings. The number of aliphatic hydroxyl groups excluding tert-OH is 1. The van der Waals surface area contributed by atoms with Crippen LogP contribution in [0, 0.1) is 5.92 Å². The zero-order chi connectivity index (χ0) is 13.9. The molecule has 0 unspecified atom stereocenters. The van der Waals surface area contributed by atoms with E-state index in [9.17, 15) is 9.90 Å². The smallest absolute Gasteiger partial charge is 0.225 e. The molecular weight excluding hydrogens is 256 g/mol. The third-order valence-electron chi connectivity index (χ3n) is 4.44. The predicted octanol–water partition coefficient (Wildman–Crippen LogP) is 1.26. The van der Waals surface area contributed by atoms with Crippen molar-refractivity contribution >= 4 is 5.91 Å². The summed E-state index contributed by atoms with van der Waals surface area (Å²) >= 11 is 0. The summed E-state index contributed by atoms with van der Waals surface area (Å²) in [5.41, 5.74) is 0. The van der Waals surface area contributed by atoms with Gasteiger partial charge in [0.1, 0.15) is 11.9 Å². The van der Waals surface area contributed by atoms with Gasteiger partial charge in [-0.05, 0) is 25.0 Å². The standard InChI is InChI=1S/C15H22N2O3/c18-13(14-5-2-10-20-14)11-16-6-8-17(9-7-16)15(19)12-3-1-4-12/h2,5,10,12-13,18H,1,3-4,6-9,11H2/t13-/m1/s1. The topological polar surface area (TPSA) is 56.9 Å². The van der Waals surface area contributed by atoms with Gasteiger partial charge in [0.05, 0.1) is 6.26 Å². The fourth-order valence-corrected chi connectivity index (χ4v) is 2.88.